The van der Waals surface area contributed by atoms with Gasteiger partial charge in [-0.05, 0) is 24.6 Å². The quantitative estimate of drug-likeness (QED) is 0.767. The number of thiazole rings is 1. The minimum absolute atomic E-state index is 0.0156. The first-order chi connectivity index (χ1) is 9.75. The number of carbonyl (C=O) groups is 1. The van der Waals surface area contributed by atoms with Crippen molar-refractivity contribution in [1.82, 2.24) is 4.98 Å². The lowest BCUT2D eigenvalue weighted by atomic mass is 10.2. The molecule has 1 aromatic carbocycles. The molecule has 0 fully saturated rings. The van der Waals surface area contributed by atoms with Gasteiger partial charge in [0.25, 0.3) is 0 Å². The van der Waals surface area contributed by atoms with Gasteiger partial charge in [-0.15, -0.1) is 11.3 Å². The van der Waals surface area contributed by atoms with Crippen LogP contribution >= 0.6 is 11.3 Å². The third-order valence-corrected chi connectivity index (χ3v) is 4.47. The van der Waals surface area contributed by atoms with Crippen molar-refractivity contribution in [3.63, 3.8) is 0 Å². The van der Waals surface area contributed by atoms with Crippen LogP contribution in [0.2, 0.25) is 0 Å². The second-order valence-electron chi connectivity index (χ2n) is 4.43. The maximum Gasteiger partial charge on any atom is 0.238 e. The number of nitrogens with two attached hydrogens (primary N) is 2. The number of sulfonamides is 1. The number of rotatable bonds is 4. The third kappa shape index (κ3) is 4.00. The van der Waals surface area contributed by atoms with Crippen LogP contribution in [0.25, 0.3) is 0 Å². The zero-order chi connectivity index (χ0) is 15.6. The molecule has 1 heterocycles. The first-order valence-electron chi connectivity index (χ1n) is 5.89. The average Bonchev–Trinajstić information content (AvgIpc) is 2.75. The number of hydrogen-bond donors (Lipinski definition) is 3. The van der Waals surface area contributed by atoms with Gasteiger partial charge >= 0.3 is 0 Å². The highest BCUT2D eigenvalue weighted by Crippen LogP contribution is 2.19. The normalized spacial score (nSPS) is 11.3. The molecule has 0 aliphatic rings. The highest BCUT2D eigenvalue weighted by molar-refractivity contribution is 7.89. The molecule has 0 radical (unpaired) electrons. The highest BCUT2D eigenvalue weighted by Gasteiger charge is 2.13. The van der Waals surface area contributed by atoms with Gasteiger partial charge in [-0.3, -0.25) is 4.79 Å². The minimum atomic E-state index is -3.83. The molecular formula is C12H14N4O3S2. The zero-order valence-electron chi connectivity index (χ0n) is 11.2. The van der Waals surface area contributed by atoms with Crippen molar-refractivity contribution in [3.8, 4) is 0 Å². The molecule has 0 aliphatic carbocycles. The van der Waals surface area contributed by atoms with E-state index in [9.17, 15) is 13.2 Å². The summed E-state index contributed by atoms with van der Waals surface area (Å²) in [4.78, 5) is 15.8. The number of anilines is 2. The number of nitrogens with one attached hydrogen (secondary N) is 1. The maximum atomic E-state index is 11.9. The number of hydrogen-bond acceptors (Lipinski definition) is 6. The summed E-state index contributed by atoms with van der Waals surface area (Å²) in [6, 6.07) is 4.52. The van der Waals surface area contributed by atoms with Gasteiger partial charge < -0.3 is 11.1 Å². The van der Waals surface area contributed by atoms with Crippen molar-refractivity contribution in [3.05, 3.63) is 34.8 Å². The minimum Gasteiger partial charge on any atom is -0.375 e. The molecule has 0 bridgehead atoms. The molecule has 5 N–H and O–H groups in total. The summed E-state index contributed by atoms with van der Waals surface area (Å²) in [7, 11) is -3.83. The van der Waals surface area contributed by atoms with Crippen LogP contribution in [0, 0.1) is 6.92 Å². The van der Waals surface area contributed by atoms with E-state index in [2.05, 4.69) is 10.3 Å². The number of amides is 1. The Hall–Kier alpha value is -1.97. The number of aryl methyl sites for hydroxylation is 1. The van der Waals surface area contributed by atoms with E-state index in [1.807, 2.05) is 0 Å². The predicted octanol–water partition coefficient (Wildman–Crippen LogP) is 0.862. The summed E-state index contributed by atoms with van der Waals surface area (Å²) in [5.41, 5.74) is 6.93. The van der Waals surface area contributed by atoms with Crippen LogP contribution in [0.1, 0.15) is 11.3 Å². The predicted molar refractivity (Wildman–Crippen MR) is 81.4 cm³/mol. The Kier molecular flexibility index (Phi) is 4.26. The van der Waals surface area contributed by atoms with Gasteiger partial charge in [-0.1, -0.05) is 6.07 Å². The smallest absolute Gasteiger partial charge is 0.238 e. The first-order valence-corrected chi connectivity index (χ1v) is 8.31. The Morgan fingerprint density at radius 2 is 2.14 bits per heavy atom. The van der Waals surface area contributed by atoms with Crippen LogP contribution < -0.4 is 16.2 Å². The molecule has 2 aromatic rings. The lowest BCUT2D eigenvalue weighted by Crippen LogP contribution is -2.17. The summed E-state index contributed by atoms with van der Waals surface area (Å²) >= 11 is 1.25. The Labute approximate surface area is 126 Å². The molecule has 112 valence electrons. The second kappa shape index (κ2) is 5.80. The summed E-state index contributed by atoms with van der Waals surface area (Å²) in [6.07, 6.45) is 0.0618. The second-order valence-corrected chi connectivity index (χ2v) is 6.85. The Balaban J connectivity index is 2.14. The van der Waals surface area contributed by atoms with Crippen molar-refractivity contribution in [2.45, 2.75) is 18.2 Å². The monoisotopic (exact) mass is 326 g/mol. The summed E-state index contributed by atoms with van der Waals surface area (Å²) in [5.74, 6) is -0.315. The van der Waals surface area contributed by atoms with Gasteiger partial charge in [0.05, 0.1) is 17.0 Å². The van der Waals surface area contributed by atoms with Crippen LogP contribution in [-0.2, 0) is 21.2 Å². The van der Waals surface area contributed by atoms with E-state index < -0.39 is 10.0 Å². The van der Waals surface area contributed by atoms with Gasteiger partial charge in [0, 0.05) is 11.1 Å². The van der Waals surface area contributed by atoms with Crippen molar-refractivity contribution >= 4 is 38.1 Å². The van der Waals surface area contributed by atoms with E-state index in [4.69, 9.17) is 10.9 Å². The largest absolute Gasteiger partial charge is 0.375 e. The average molecular weight is 326 g/mol. The zero-order valence-corrected chi connectivity index (χ0v) is 12.8. The lowest BCUT2D eigenvalue weighted by Gasteiger charge is -2.08. The van der Waals surface area contributed by atoms with Crippen molar-refractivity contribution in [2.75, 3.05) is 11.1 Å². The number of benzene rings is 1. The number of nitrogen functional groups attached to an aromatic ring is 1. The van der Waals surface area contributed by atoms with Gasteiger partial charge in [0.1, 0.15) is 0 Å². The summed E-state index contributed by atoms with van der Waals surface area (Å²) in [5, 5.41) is 9.81. The Morgan fingerprint density at radius 1 is 1.43 bits per heavy atom. The molecule has 0 atom stereocenters. The molecule has 2 rings (SSSR count). The molecule has 0 spiro atoms. The standard InChI is InChI=1S/C12H14N4O3S2/c1-7-2-3-8(4-10(7)21(14,18)19)15-11(17)5-9-6-20-12(13)16-9/h2-4,6H,5H2,1H3,(H2,13,16)(H,15,17)(H2,14,18,19). The Morgan fingerprint density at radius 3 is 2.71 bits per heavy atom. The van der Waals surface area contributed by atoms with Crippen molar-refractivity contribution in [2.24, 2.45) is 5.14 Å². The fourth-order valence-electron chi connectivity index (χ4n) is 1.76. The molecule has 0 unspecified atom stereocenters. The first kappa shape index (κ1) is 15.4. The Bertz CT molecular complexity index is 784. The van der Waals surface area contributed by atoms with Gasteiger partial charge in [0.15, 0.2) is 5.13 Å². The van der Waals surface area contributed by atoms with Crippen LogP contribution in [0.4, 0.5) is 10.8 Å². The van der Waals surface area contributed by atoms with E-state index in [0.717, 1.165) is 0 Å². The number of carbonyl (C=O) groups excluding carboxylic acids is 1. The van der Waals surface area contributed by atoms with Crippen LogP contribution in [0.15, 0.2) is 28.5 Å². The number of aromatic nitrogens is 1. The summed E-state index contributed by atoms with van der Waals surface area (Å²) < 4.78 is 22.9. The maximum absolute atomic E-state index is 11.9. The SMILES string of the molecule is Cc1ccc(NC(=O)Cc2csc(N)n2)cc1S(N)(=O)=O. The number of primary sulfonamides is 1. The summed E-state index contributed by atoms with van der Waals surface area (Å²) in [6.45, 7) is 1.63. The van der Waals surface area contributed by atoms with E-state index in [0.29, 0.717) is 22.1 Å². The molecule has 0 saturated heterocycles. The molecule has 0 aliphatic heterocycles. The fraction of sp³-hybridized carbons (Fsp3) is 0.167. The lowest BCUT2D eigenvalue weighted by molar-refractivity contribution is -0.115. The molecule has 0 saturated carbocycles. The van der Waals surface area contributed by atoms with Crippen LogP contribution in [0.3, 0.4) is 0 Å². The van der Waals surface area contributed by atoms with E-state index in [1.165, 1.54) is 17.4 Å². The van der Waals surface area contributed by atoms with Crippen LogP contribution in [0.5, 0.6) is 0 Å². The molecule has 1 aromatic heterocycles. The van der Waals surface area contributed by atoms with Gasteiger partial charge in [-0.2, -0.15) is 0 Å². The van der Waals surface area contributed by atoms with E-state index in [-0.39, 0.29) is 17.2 Å². The molecular weight excluding hydrogens is 312 g/mol. The third-order valence-electron chi connectivity index (χ3n) is 2.69. The highest BCUT2D eigenvalue weighted by atomic mass is 32.2. The molecule has 9 heteroatoms. The number of nitrogens with zero attached hydrogens (tertiary/aromatic N) is 1. The van der Waals surface area contributed by atoms with E-state index >= 15 is 0 Å². The van der Waals surface area contributed by atoms with Gasteiger partial charge in [0.2, 0.25) is 15.9 Å². The fourth-order valence-corrected chi connectivity index (χ4v) is 3.13. The van der Waals surface area contributed by atoms with Crippen molar-refractivity contribution in [1.29, 1.82) is 0 Å². The van der Waals surface area contributed by atoms with E-state index in [1.54, 1.807) is 24.4 Å². The topological polar surface area (TPSA) is 128 Å². The molecule has 7 nitrogen and oxygen atoms in total. The van der Waals surface area contributed by atoms with Gasteiger partial charge in [-0.25, -0.2) is 18.5 Å². The molecule has 1 amide bonds. The van der Waals surface area contributed by atoms with Crippen molar-refractivity contribution < 1.29 is 13.2 Å². The molecule has 21 heavy (non-hydrogen) atoms. The van der Waals surface area contributed by atoms with Crippen LogP contribution in [-0.4, -0.2) is 19.3 Å².